The molecule has 2 heterocycles. The van der Waals surface area contributed by atoms with E-state index < -0.39 is 0 Å². The smallest absolute Gasteiger partial charge is 0.312 e. The van der Waals surface area contributed by atoms with E-state index in [1.54, 1.807) is 0 Å². The maximum Gasteiger partial charge on any atom is 0.345 e. The van der Waals surface area contributed by atoms with E-state index in [0.29, 0.717) is 18.5 Å². The fraction of sp³-hybridized carbons (Fsp3) is 0.389. The van der Waals surface area contributed by atoms with Crippen molar-refractivity contribution in [2.75, 3.05) is 11.4 Å². The molecule has 0 atom stereocenters. The molecular formula is C18H21N3O2. The third-order valence-electron chi connectivity index (χ3n) is 4.54. The minimum Gasteiger partial charge on any atom is -0.312 e. The molecule has 0 saturated heterocycles. The molecule has 1 aromatic carbocycles. The van der Waals surface area contributed by atoms with Crippen LogP contribution < -0.4 is 10.6 Å². The van der Waals surface area contributed by atoms with Gasteiger partial charge in [0.1, 0.15) is 0 Å². The number of nitrogens with zero attached hydrogens (tertiary/aromatic N) is 2. The van der Waals surface area contributed by atoms with Crippen LogP contribution >= 0.6 is 0 Å². The summed E-state index contributed by atoms with van der Waals surface area (Å²) in [5.41, 5.74) is 5.60. The summed E-state index contributed by atoms with van der Waals surface area (Å²) in [5, 5.41) is 0. The van der Waals surface area contributed by atoms with Gasteiger partial charge < -0.3 is 9.88 Å². The van der Waals surface area contributed by atoms with Crippen LogP contribution in [0.25, 0.3) is 0 Å². The Morgan fingerprint density at radius 3 is 2.83 bits per heavy atom. The molecule has 0 unspecified atom stereocenters. The van der Waals surface area contributed by atoms with E-state index in [1.165, 1.54) is 5.56 Å². The van der Waals surface area contributed by atoms with Gasteiger partial charge in [-0.3, -0.25) is 4.79 Å². The third-order valence-corrected chi connectivity index (χ3v) is 4.54. The van der Waals surface area contributed by atoms with E-state index in [0.717, 1.165) is 35.5 Å². The van der Waals surface area contributed by atoms with Crippen molar-refractivity contribution in [1.82, 2.24) is 9.97 Å². The van der Waals surface area contributed by atoms with Crippen LogP contribution in [0.4, 0.5) is 5.69 Å². The summed E-state index contributed by atoms with van der Waals surface area (Å²) in [5.74, 6) is 0.128. The van der Waals surface area contributed by atoms with Gasteiger partial charge in [-0.25, -0.2) is 4.79 Å². The minimum absolute atomic E-state index is 0.128. The lowest BCUT2D eigenvalue weighted by atomic mass is 10.1. The van der Waals surface area contributed by atoms with E-state index >= 15 is 0 Å². The Morgan fingerprint density at radius 1 is 1.30 bits per heavy atom. The number of carbonyl (C=O) groups excluding carboxylic acids is 1. The standard InChI is InChI=1S/C18H21N3O2/c1-11-5-4-6-14-9-10-21(17(11)14)16(22)8-7-15-12(2)19-18(23)20-13(15)3/h4-6H,7-10H2,1-3H3,(H,19,20,23). The van der Waals surface area contributed by atoms with Gasteiger partial charge in [0.05, 0.1) is 0 Å². The van der Waals surface area contributed by atoms with E-state index in [4.69, 9.17) is 0 Å². The van der Waals surface area contributed by atoms with Gasteiger partial charge in [0, 0.05) is 30.0 Å². The molecule has 0 fully saturated rings. The second kappa shape index (κ2) is 5.99. The van der Waals surface area contributed by atoms with Gasteiger partial charge in [-0.15, -0.1) is 0 Å². The Balaban J connectivity index is 1.77. The summed E-state index contributed by atoms with van der Waals surface area (Å²) in [6, 6.07) is 6.18. The Kier molecular flexibility index (Phi) is 4.03. The van der Waals surface area contributed by atoms with Crippen molar-refractivity contribution >= 4 is 11.6 Å². The highest BCUT2D eigenvalue weighted by atomic mass is 16.2. The van der Waals surface area contributed by atoms with Crippen LogP contribution in [0.1, 0.15) is 34.5 Å². The number of rotatable bonds is 3. The van der Waals surface area contributed by atoms with Gasteiger partial charge in [0.2, 0.25) is 5.91 Å². The Morgan fingerprint density at radius 2 is 2.09 bits per heavy atom. The fourth-order valence-corrected chi connectivity index (χ4v) is 3.39. The SMILES string of the molecule is Cc1cccc2c1N(C(=O)CCc1c(C)nc(=O)[nH]c1C)CC2. The van der Waals surface area contributed by atoms with E-state index in [2.05, 4.69) is 16.0 Å². The molecule has 23 heavy (non-hydrogen) atoms. The van der Waals surface area contributed by atoms with Crippen LogP contribution in [0, 0.1) is 20.8 Å². The number of fused-ring (bicyclic) bond motifs is 1. The van der Waals surface area contributed by atoms with Crippen molar-refractivity contribution < 1.29 is 4.79 Å². The Labute approximate surface area is 135 Å². The molecular weight excluding hydrogens is 290 g/mol. The maximum absolute atomic E-state index is 12.7. The highest BCUT2D eigenvalue weighted by Crippen LogP contribution is 2.31. The first-order valence-electron chi connectivity index (χ1n) is 7.92. The highest BCUT2D eigenvalue weighted by Gasteiger charge is 2.25. The molecule has 5 heteroatoms. The van der Waals surface area contributed by atoms with Crippen LogP contribution in [0.2, 0.25) is 0 Å². The second-order valence-electron chi connectivity index (χ2n) is 6.11. The monoisotopic (exact) mass is 311 g/mol. The quantitative estimate of drug-likeness (QED) is 0.945. The number of aromatic amines is 1. The number of aromatic nitrogens is 2. The predicted octanol–water partition coefficient (Wildman–Crippen LogP) is 2.22. The molecule has 0 aliphatic carbocycles. The average molecular weight is 311 g/mol. The molecule has 120 valence electrons. The number of aryl methyl sites for hydroxylation is 3. The number of hydrogen-bond acceptors (Lipinski definition) is 3. The summed E-state index contributed by atoms with van der Waals surface area (Å²) < 4.78 is 0. The lowest BCUT2D eigenvalue weighted by Gasteiger charge is -2.19. The molecule has 0 saturated carbocycles. The average Bonchev–Trinajstić information content (AvgIpc) is 2.91. The summed E-state index contributed by atoms with van der Waals surface area (Å²) in [6.07, 6.45) is 1.93. The lowest BCUT2D eigenvalue weighted by Crippen LogP contribution is -2.30. The largest absolute Gasteiger partial charge is 0.345 e. The van der Waals surface area contributed by atoms with Crippen LogP contribution in [0.5, 0.6) is 0 Å². The topological polar surface area (TPSA) is 66.1 Å². The zero-order valence-corrected chi connectivity index (χ0v) is 13.8. The van der Waals surface area contributed by atoms with Crippen molar-refractivity contribution in [2.45, 2.75) is 40.0 Å². The van der Waals surface area contributed by atoms with E-state index in [9.17, 15) is 9.59 Å². The molecule has 1 aliphatic heterocycles. The number of amides is 1. The molecule has 1 amide bonds. The van der Waals surface area contributed by atoms with Crippen molar-refractivity contribution in [3.05, 3.63) is 56.8 Å². The highest BCUT2D eigenvalue weighted by molar-refractivity contribution is 5.96. The summed E-state index contributed by atoms with van der Waals surface area (Å²) in [6.45, 7) is 6.47. The first-order chi connectivity index (χ1) is 11.0. The molecule has 2 aromatic rings. The number of anilines is 1. The first kappa shape index (κ1) is 15.5. The number of para-hydroxylation sites is 1. The molecule has 0 radical (unpaired) electrons. The van der Waals surface area contributed by atoms with Gasteiger partial charge in [0.15, 0.2) is 0 Å². The zero-order valence-electron chi connectivity index (χ0n) is 13.8. The zero-order chi connectivity index (χ0) is 16.6. The number of nitrogens with one attached hydrogen (secondary N) is 1. The molecule has 1 aromatic heterocycles. The van der Waals surface area contributed by atoms with Crippen molar-refractivity contribution in [1.29, 1.82) is 0 Å². The van der Waals surface area contributed by atoms with Gasteiger partial charge in [-0.1, -0.05) is 18.2 Å². The van der Waals surface area contributed by atoms with Crippen LogP contribution in [0.15, 0.2) is 23.0 Å². The third kappa shape index (κ3) is 2.91. The number of carbonyl (C=O) groups is 1. The molecule has 1 aliphatic rings. The predicted molar refractivity (Wildman–Crippen MR) is 89.9 cm³/mol. The second-order valence-corrected chi connectivity index (χ2v) is 6.11. The van der Waals surface area contributed by atoms with Gasteiger partial charge in [-0.05, 0) is 50.3 Å². The van der Waals surface area contributed by atoms with Crippen molar-refractivity contribution in [3.63, 3.8) is 0 Å². The fourth-order valence-electron chi connectivity index (χ4n) is 3.39. The van der Waals surface area contributed by atoms with E-state index in [-0.39, 0.29) is 11.6 Å². The first-order valence-corrected chi connectivity index (χ1v) is 7.92. The van der Waals surface area contributed by atoms with Crippen LogP contribution in [-0.2, 0) is 17.6 Å². The number of H-pyrrole nitrogens is 1. The molecule has 5 nitrogen and oxygen atoms in total. The van der Waals surface area contributed by atoms with E-state index in [1.807, 2.05) is 37.8 Å². The molecule has 3 rings (SSSR count). The summed E-state index contributed by atoms with van der Waals surface area (Å²) in [4.78, 5) is 32.5. The van der Waals surface area contributed by atoms with Gasteiger partial charge in [-0.2, -0.15) is 4.98 Å². The Hall–Kier alpha value is -2.43. The normalized spacial score (nSPS) is 13.3. The lowest BCUT2D eigenvalue weighted by molar-refractivity contribution is -0.118. The number of hydrogen-bond donors (Lipinski definition) is 1. The van der Waals surface area contributed by atoms with Crippen LogP contribution in [0.3, 0.4) is 0 Å². The Bertz CT molecular complexity index is 797. The molecule has 1 N–H and O–H groups in total. The summed E-state index contributed by atoms with van der Waals surface area (Å²) in [7, 11) is 0. The van der Waals surface area contributed by atoms with Crippen molar-refractivity contribution in [2.24, 2.45) is 0 Å². The molecule has 0 bridgehead atoms. The minimum atomic E-state index is -0.334. The maximum atomic E-state index is 12.7. The summed E-state index contributed by atoms with van der Waals surface area (Å²) >= 11 is 0. The number of benzene rings is 1. The van der Waals surface area contributed by atoms with Crippen molar-refractivity contribution in [3.8, 4) is 0 Å². The van der Waals surface area contributed by atoms with Gasteiger partial charge >= 0.3 is 5.69 Å². The van der Waals surface area contributed by atoms with Gasteiger partial charge in [0.25, 0.3) is 0 Å². The molecule has 0 spiro atoms. The van der Waals surface area contributed by atoms with Crippen LogP contribution in [-0.4, -0.2) is 22.4 Å².